The first kappa shape index (κ1) is 14.5. The van der Waals surface area contributed by atoms with Crippen LogP contribution in [-0.2, 0) is 13.6 Å². The molecule has 20 heavy (non-hydrogen) atoms. The highest BCUT2D eigenvalue weighted by Crippen LogP contribution is 2.28. The van der Waals surface area contributed by atoms with E-state index in [1.165, 1.54) is 12.1 Å². The molecule has 7 heteroatoms. The number of nitro groups is 1. The Bertz CT molecular complexity index is 667. The zero-order chi connectivity index (χ0) is 14.9. The van der Waals surface area contributed by atoms with Crippen LogP contribution >= 0.6 is 15.9 Å². The maximum Gasteiger partial charge on any atom is 0.271 e. The molecule has 1 aromatic carbocycles. The summed E-state index contributed by atoms with van der Waals surface area (Å²) >= 11 is 3.39. The monoisotopic (exact) mass is 338 g/mol. The van der Waals surface area contributed by atoms with Gasteiger partial charge in [0, 0.05) is 41.5 Å². The highest BCUT2D eigenvalue weighted by molar-refractivity contribution is 9.10. The van der Waals surface area contributed by atoms with E-state index in [-0.39, 0.29) is 5.69 Å². The number of nitrogens with one attached hydrogen (secondary N) is 1. The third-order valence-electron chi connectivity index (χ3n) is 3.28. The van der Waals surface area contributed by atoms with E-state index in [0.29, 0.717) is 12.2 Å². The number of benzene rings is 1. The maximum absolute atomic E-state index is 10.8. The van der Waals surface area contributed by atoms with Gasteiger partial charge in [-0.2, -0.15) is 5.10 Å². The number of hydrogen-bond acceptors (Lipinski definition) is 4. The number of nitro benzene ring substituents is 1. The number of non-ortho nitro benzene ring substituents is 1. The summed E-state index contributed by atoms with van der Waals surface area (Å²) in [6, 6.07) is 4.66. The Balaban J connectivity index is 2.22. The Kier molecular flexibility index (Phi) is 4.08. The van der Waals surface area contributed by atoms with Crippen molar-refractivity contribution in [3.63, 3.8) is 0 Å². The second-order valence-corrected chi connectivity index (χ2v) is 5.40. The van der Waals surface area contributed by atoms with Crippen LogP contribution in [0.5, 0.6) is 0 Å². The number of rotatable bonds is 4. The molecule has 0 aliphatic heterocycles. The van der Waals surface area contributed by atoms with Gasteiger partial charge >= 0.3 is 0 Å². The molecule has 2 aromatic rings. The first-order valence-corrected chi connectivity index (χ1v) is 6.86. The zero-order valence-corrected chi connectivity index (χ0v) is 13.1. The molecule has 1 heterocycles. The Morgan fingerprint density at radius 2 is 2.15 bits per heavy atom. The summed E-state index contributed by atoms with van der Waals surface area (Å²) in [5, 5.41) is 18.4. The van der Waals surface area contributed by atoms with Crippen LogP contribution in [-0.4, -0.2) is 14.7 Å². The first-order chi connectivity index (χ1) is 9.40. The van der Waals surface area contributed by atoms with Gasteiger partial charge in [0.05, 0.1) is 16.3 Å². The van der Waals surface area contributed by atoms with Crippen LogP contribution in [0.1, 0.15) is 17.0 Å². The van der Waals surface area contributed by atoms with Crippen LogP contribution in [0.2, 0.25) is 0 Å². The zero-order valence-electron chi connectivity index (χ0n) is 11.5. The summed E-state index contributed by atoms with van der Waals surface area (Å²) in [7, 11) is 1.90. The molecule has 0 spiro atoms. The molecule has 0 unspecified atom stereocenters. The van der Waals surface area contributed by atoms with E-state index in [1.807, 2.05) is 25.6 Å². The average Bonchev–Trinajstić information content (AvgIpc) is 2.63. The molecule has 106 valence electrons. The minimum absolute atomic E-state index is 0.0651. The summed E-state index contributed by atoms with van der Waals surface area (Å²) in [5.41, 5.74) is 3.90. The number of halogens is 1. The van der Waals surface area contributed by atoms with Crippen LogP contribution in [0.15, 0.2) is 22.7 Å². The third-order valence-corrected chi connectivity index (χ3v) is 3.97. The van der Waals surface area contributed by atoms with Crippen LogP contribution in [0.3, 0.4) is 0 Å². The summed E-state index contributed by atoms with van der Waals surface area (Å²) < 4.78 is 2.62. The third kappa shape index (κ3) is 2.82. The van der Waals surface area contributed by atoms with Crippen molar-refractivity contribution in [3.8, 4) is 0 Å². The predicted octanol–water partition coefficient (Wildman–Crippen LogP) is 3.32. The average molecular weight is 339 g/mol. The standard InChI is InChI=1S/C13H15BrN4O2/c1-8-11(9(2)17(3)16-8)7-15-13-6-10(18(19)20)4-5-12(13)14/h4-6,15H,7H2,1-3H3. The van der Waals surface area contributed by atoms with Crippen molar-refractivity contribution in [3.05, 3.63) is 49.7 Å². The van der Waals surface area contributed by atoms with Crippen molar-refractivity contribution in [1.82, 2.24) is 9.78 Å². The summed E-state index contributed by atoms with van der Waals surface area (Å²) in [4.78, 5) is 10.4. The van der Waals surface area contributed by atoms with Crippen LogP contribution in [0, 0.1) is 24.0 Å². The maximum atomic E-state index is 10.8. The fraction of sp³-hybridized carbons (Fsp3) is 0.308. The van der Waals surface area contributed by atoms with Gasteiger partial charge in [0.2, 0.25) is 0 Å². The van der Waals surface area contributed by atoms with Crippen molar-refractivity contribution in [2.45, 2.75) is 20.4 Å². The number of anilines is 1. The number of aromatic nitrogens is 2. The highest BCUT2D eigenvalue weighted by atomic mass is 79.9. The van der Waals surface area contributed by atoms with Crippen molar-refractivity contribution < 1.29 is 4.92 Å². The molecule has 0 fully saturated rings. The summed E-state index contributed by atoms with van der Waals surface area (Å²) in [6.07, 6.45) is 0. The molecule has 0 radical (unpaired) electrons. The Hall–Kier alpha value is -1.89. The molecule has 6 nitrogen and oxygen atoms in total. The molecule has 0 saturated carbocycles. The van der Waals surface area contributed by atoms with Gasteiger partial charge in [-0.1, -0.05) is 0 Å². The molecule has 0 aliphatic carbocycles. The van der Waals surface area contributed by atoms with Gasteiger partial charge in [-0.25, -0.2) is 0 Å². The van der Waals surface area contributed by atoms with Crippen LogP contribution in [0.25, 0.3) is 0 Å². The van der Waals surface area contributed by atoms with Gasteiger partial charge in [0.1, 0.15) is 0 Å². The van der Waals surface area contributed by atoms with Gasteiger partial charge in [-0.3, -0.25) is 14.8 Å². The normalized spacial score (nSPS) is 10.6. The van der Waals surface area contributed by atoms with Crippen molar-refractivity contribution in [1.29, 1.82) is 0 Å². The van der Waals surface area contributed by atoms with Gasteiger partial charge in [0.15, 0.2) is 0 Å². The van der Waals surface area contributed by atoms with E-state index in [2.05, 4.69) is 26.3 Å². The van der Waals surface area contributed by atoms with E-state index in [1.54, 1.807) is 6.07 Å². The van der Waals surface area contributed by atoms with Gasteiger partial charge in [-0.05, 0) is 35.8 Å². The quantitative estimate of drug-likeness (QED) is 0.685. The van der Waals surface area contributed by atoms with Crippen LogP contribution in [0.4, 0.5) is 11.4 Å². The summed E-state index contributed by atoms with van der Waals surface area (Å²) in [6.45, 7) is 4.53. The fourth-order valence-electron chi connectivity index (χ4n) is 2.02. The Morgan fingerprint density at radius 3 is 2.70 bits per heavy atom. The van der Waals surface area contributed by atoms with E-state index in [9.17, 15) is 10.1 Å². The Labute approximate surface area is 125 Å². The van der Waals surface area contributed by atoms with E-state index in [0.717, 1.165) is 21.4 Å². The lowest BCUT2D eigenvalue weighted by Crippen LogP contribution is -2.03. The van der Waals surface area contributed by atoms with Crippen molar-refractivity contribution in [2.24, 2.45) is 7.05 Å². The van der Waals surface area contributed by atoms with Crippen molar-refractivity contribution in [2.75, 3.05) is 5.32 Å². The molecule has 2 rings (SSSR count). The van der Waals surface area contributed by atoms with E-state index in [4.69, 9.17) is 0 Å². The molecule has 0 amide bonds. The second kappa shape index (κ2) is 5.62. The molecular formula is C13H15BrN4O2. The van der Waals surface area contributed by atoms with Gasteiger partial charge in [0.25, 0.3) is 5.69 Å². The molecule has 0 saturated heterocycles. The number of nitrogens with zero attached hydrogens (tertiary/aromatic N) is 3. The highest BCUT2D eigenvalue weighted by Gasteiger charge is 2.12. The minimum Gasteiger partial charge on any atom is -0.380 e. The van der Waals surface area contributed by atoms with Crippen molar-refractivity contribution >= 4 is 27.3 Å². The lowest BCUT2D eigenvalue weighted by molar-refractivity contribution is -0.384. The molecule has 0 aliphatic rings. The van der Waals surface area contributed by atoms with E-state index >= 15 is 0 Å². The fourth-order valence-corrected chi connectivity index (χ4v) is 2.41. The topological polar surface area (TPSA) is 73.0 Å². The van der Waals surface area contributed by atoms with Gasteiger partial charge < -0.3 is 5.32 Å². The van der Waals surface area contributed by atoms with E-state index < -0.39 is 4.92 Å². The lowest BCUT2D eigenvalue weighted by atomic mass is 10.2. The Morgan fingerprint density at radius 1 is 1.45 bits per heavy atom. The second-order valence-electron chi connectivity index (χ2n) is 4.55. The smallest absolute Gasteiger partial charge is 0.271 e. The first-order valence-electron chi connectivity index (χ1n) is 6.07. The lowest BCUT2D eigenvalue weighted by Gasteiger charge is -2.09. The SMILES string of the molecule is Cc1nn(C)c(C)c1CNc1cc([N+](=O)[O-])ccc1Br. The van der Waals surface area contributed by atoms with Crippen LogP contribution < -0.4 is 5.32 Å². The number of aryl methyl sites for hydroxylation is 2. The molecule has 0 bridgehead atoms. The minimum atomic E-state index is -0.405. The number of hydrogen-bond donors (Lipinski definition) is 1. The molecule has 0 atom stereocenters. The molecule has 1 N–H and O–H groups in total. The van der Waals surface area contributed by atoms with Gasteiger partial charge in [-0.15, -0.1) is 0 Å². The molecular weight excluding hydrogens is 324 g/mol. The molecule has 1 aromatic heterocycles. The largest absolute Gasteiger partial charge is 0.380 e. The predicted molar refractivity (Wildman–Crippen MR) is 80.8 cm³/mol. The summed E-state index contributed by atoms with van der Waals surface area (Å²) in [5.74, 6) is 0.